The van der Waals surface area contributed by atoms with Gasteiger partial charge < -0.3 is 15.5 Å². The molecule has 7 nitrogen and oxygen atoms in total. The van der Waals surface area contributed by atoms with Crippen molar-refractivity contribution in [3.05, 3.63) is 33.9 Å². The van der Waals surface area contributed by atoms with E-state index < -0.39 is 4.92 Å². The smallest absolute Gasteiger partial charge is 0.304 e. The van der Waals surface area contributed by atoms with Crippen LogP contribution >= 0.6 is 0 Å². The van der Waals surface area contributed by atoms with Crippen LogP contribution in [-0.2, 0) is 0 Å². The van der Waals surface area contributed by atoms with Gasteiger partial charge in [0.2, 0.25) is 0 Å². The van der Waals surface area contributed by atoms with Crippen LogP contribution in [0.25, 0.3) is 0 Å². The molecule has 2 rings (SSSR count). The van der Waals surface area contributed by atoms with Crippen molar-refractivity contribution in [1.82, 2.24) is 9.80 Å². The first-order chi connectivity index (χ1) is 9.90. The third-order valence-corrected chi connectivity index (χ3v) is 3.85. The topological polar surface area (TPSA) is 92.7 Å². The van der Waals surface area contributed by atoms with Crippen LogP contribution in [0, 0.1) is 16.0 Å². The zero-order valence-corrected chi connectivity index (χ0v) is 12.3. The van der Waals surface area contributed by atoms with Crippen molar-refractivity contribution < 1.29 is 9.72 Å². The fourth-order valence-electron chi connectivity index (χ4n) is 2.79. The summed E-state index contributed by atoms with van der Waals surface area (Å²) < 4.78 is 0. The second-order valence-corrected chi connectivity index (χ2v) is 5.60. The summed E-state index contributed by atoms with van der Waals surface area (Å²) in [6, 6.07) is 4.45. The molecule has 1 heterocycles. The Morgan fingerprint density at radius 3 is 2.86 bits per heavy atom. The Morgan fingerprint density at radius 2 is 2.29 bits per heavy atom. The summed E-state index contributed by atoms with van der Waals surface area (Å²) in [6.07, 6.45) is 1.03. The number of nitro benzene ring substituents is 1. The monoisotopic (exact) mass is 292 g/mol. The van der Waals surface area contributed by atoms with Crippen LogP contribution in [-0.4, -0.2) is 54.4 Å². The lowest BCUT2D eigenvalue weighted by Crippen LogP contribution is -2.33. The number of benzene rings is 1. The molecule has 2 N–H and O–H groups in total. The number of rotatable bonds is 4. The molecule has 1 amide bonds. The van der Waals surface area contributed by atoms with Crippen molar-refractivity contribution in [2.45, 2.75) is 6.42 Å². The number of hydrogen-bond acceptors (Lipinski definition) is 5. The number of hydrogen-bond donors (Lipinski definition) is 1. The number of nitro groups is 1. The lowest BCUT2D eigenvalue weighted by molar-refractivity contribution is -0.384. The van der Waals surface area contributed by atoms with Gasteiger partial charge in [-0.15, -0.1) is 0 Å². The number of nitrogen functional groups attached to an aromatic ring is 1. The Bertz CT molecular complexity index is 561. The molecule has 1 aromatic carbocycles. The van der Waals surface area contributed by atoms with Crippen molar-refractivity contribution in [2.24, 2.45) is 5.92 Å². The van der Waals surface area contributed by atoms with Gasteiger partial charge >= 0.3 is 5.69 Å². The molecule has 1 fully saturated rings. The predicted molar refractivity (Wildman–Crippen MR) is 80.1 cm³/mol. The number of anilines is 1. The highest BCUT2D eigenvalue weighted by atomic mass is 16.6. The van der Waals surface area contributed by atoms with Gasteiger partial charge in [0.1, 0.15) is 11.3 Å². The van der Waals surface area contributed by atoms with Crippen molar-refractivity contribution in [3.8, 4) is 0 Å². The van der Waals surface area contributed by atoms with Gasteiger partial charge in [-0.2, -0.15) is 0 Å². The number of carbonyl (C=O) groups excluding carboxylic acids is 1. The average molecular weight is 292 g/mol. The Labute approximate surface area is 123 Å². The van der Waals surface area contributed by atoms with Crippen LogP contribution in [0.3, 0.4) is 0 Å². The summed E-state index contributed by atoms with van der Waals surface area (Å²) in [4.78, 5) is 26.7. The van der Waals surface area contributed by atoms with Crippen LogP contribution in [0.15, 0.2) is 18.2 Å². The summed E-state index contributed by atoms with van der Waals surface area (Å²) >= 11 is 0. The maximum absolute atomic E-state index is 12.4. The Morgan fingerprint density at radius 1 is 1.57 bits per heavy atom. The number of amides is 1. The molecule has 114 valence electrons. The quantitative estimate of drug-likeness (QED) is 0.511. The van der Waals surface area contributed by atoms with Crippen LogP contribution < -0.4 is 5.73 Å². The molecule has 7 heteroatoms. The van der Waals surface area contributed by atoms with Crippen LogP contribution in [0.2, 0.25) is 0 Å². The molecule has 0 aliphatic carbocycles. The molecule has 0 saturated carbocycles. The second kappa shape index (κ2) is 6.09. The van der Waals surface area contributed by atoms with Gasteiger partial charge in [-0.3, -0.25) is 14.9 Å². The molecule has 1 aromatic rings. The van der Waals surface area contributed by atoms with Crippen LogP contribution in [0.1, 0.15) is 16.8 Å². The third-order valence-electron chi connectivity index (χ3n) is 3.85. The number of likely N-dealkylation sites (tertiary alicyclic amines) is 1. The Balaban J connectivity index is 2.16. The zero-order valence-electron chi connectivity index (χ0n) is 12.3. The first-order valence-electron chi connectivity index (χ1n) is 6.87. The molecule has 1 aliphatic heterocycles. The highest BCUT2D eigenvalue weighted by Crippen LogP contribution is 2.27. The molecule has 1 atom stereocenters. The first-order valence-corrected chi connectivity index (χ1v) is 6.87. The lowest BCUT2D eigenvalue weighted by Gasteiger charge is -2.21. The second-order valence-electron chi connectivity index (χ2n) is 5.60. The van der Waals surface area contributed by atoms with E-state index in [1.807, 2.05) is 7.05 Å². The molecular formula is C14H20N4O3. The molecule has 0 aromatic heterocycles. The van der Waals surface area contributed by atoms with Crippen molar-refractivity contribution in [1.29, 1.82) is 0 Å². The fraction of sp³-hybridized carbons (Fsp3) is 0.500. The van der Waals surface area contributed by atoms with E-state index in [4.69, 9.17) is 5.73 Å². The normalized spacial score (nSPS) is 18.7. The molecule has 1 aliphatic rings. The average Bonchev–Trinajstić information content (AvgIpc) is 2.82. The van der Waals surface area contributed by atoms with Crippen molar-refractivity contribution in [2.75, 3.05) is 39.5 Å². The van der Waals surface area contributed by atoms with Crippen molar-refractivity contribution in [3.63, 3.8) is 0 Å². The van der Waals surface area contributed by atoms with Crippen LogP contribution in [0.4, 0.5) is 11.4 Å². The van der Waals surface area contributed by atoms with Gasteiger partial charge in [0.15, 0.2) is 0 Å². The minimum absolute atomic E-state index is 0.0137. The van der Waals surface area contributed by atoms with Crippen molar-refractivity contribution >= 4 is 17.3 Å². The summed E-state index contributed by atoms with van der Waals surface area (Å²) in [5.41, 5.74) is 5.38. The molecule has 0 spiro atoms. The maximum Gasteiger partial charge on any atom is 0.304 e. The van der Waals surface area contributed by atoms with E-state index >= 15 is 0 Å². The standard InChI is InChI=1S/C14H20N4O3/c1-16-7-6-10(8-16)9-17(2)14(19)11-4-3-5-12(15)13(11)18(20)21/h3-5,10H,6-9,15H2,1-2H3. The number of para-hydroxylation sites is 1. The molecule has 21 heavy (non-hydrogen) atoms. The van der Waals surface area contributed by atoms with E-state index in [1.54, 1.807) is 18.0 Å². The zero-order chi connectivity index (χ0) is 15.6. The molecular weight excluding hydrogens is 272 g/mol. The van der Waals surface area contributed by atoms with E-state index in [-0.39, 0.29) is 22.8 Å². The minimum Gasteiger partial charge on any atom is -0.393 e. The van der Waals surface area contributed by atoms with Gasteiger partial charge in [-0.1, -0.05) is 6.07 Å². The molecule has 1 unspecified atom stereocenters. The Hall–Kier alpha value is -2.15. The summed E-state index contributed by atoms with van der Waals surface area (Å²) in [5.74, 6) is 0.0487. The summed E-state index contributed by atoms with van der Waals surface area (Å²) in [5, 5.41) is 11.1. The van der Waals surface area contributed by atoms with Crippen LogP contribution in [0.5, 0.6) is 0 Å². The van der Waals surface area contributed by atoms with Gasteiger partial charge in [-0.25, -0.2) is 0 Å². The van der Waals surface area contributed by atoms with E-state index in [0.717, 1.165) is 19.5 Å². The van der Waals surface area contributed by atoms with E-state index in [9.17, 15) is 14.9 Å². The molecule has 1 saturated heterocycles. The highest BCUT2D eigenvalue weighted by Gasteiger charge is 2.28. The lowest BCUT2D eigenvalue weighted by atomic mass is 10.1. The third kappa shape index (κ3) is 3.30. The SMILES string of the molecule is CN1CCC(CN(C)C(=O)c2cccc(N)c2[N+](=O)[O-])C1. The van der Waals surface area contributed by atoms with E-state index in [0.29, 0.717) is 12.5 Å². The van der Waals surface area contributed by atoms with Gasteiger partial charge in [0.25, 0.3) is 5.91 Å². The summed E-state index contributed by atoms with van der Waals surface area (Å²) in [6.45, 7) is 2.55. The predicted octanol–water partition coefficient (Wildman–Crippen LogP) is 1.20. The number of carbonyl (C=O) groups is 1. The first kappa shape index (κ1) is 15.2. The fourth-order valence-corrected chi connectivity index (χ4v) is 2.79. The Kier molecular flexibility index (Phi) is 4.42. The van der Waals surface area contributed by atoms with E-state index in [1.165, 1.54) is 12.1 Å². The summed E-state index contributed by atoms with van der Waals surface area (Å²) in [7, 11) is 3.72. The maximum atomic E-state index is 12.4. The van der Waals surface area contributed by atoms with Gasteiger partial charge in [-0.05, 0) is 38.1 Å². The van der Waals surface area contributed by atoms with E-state index in [2.05, 4.69) is 4.90 Å². The highest BCUT2D eigenvalue weighted by molar-refractivity contribution is 6.00. The van der Waals surface area contributed by atoms with Gasteiger partial charge in [0.05, 0.1) is 4.92 Å². The molecule has 0 bridgehead atoms. The molecule has 0 radical (unpaired) electrons. The number of nitrogens with zero attached hydrogens (tertiary/aromatic N) is 3. The number of nitrogens with two attached hydrogens (primary N) is 1. The van der Waals surface area contributed by atoms with Gasteiger partial charge in [0, 0.05) is 20.1 Å². The largest absolute Gasteiger partial charge is 0.393 e. The minimum atomic E-state index is -0.597.